The van der Waals surface area contributed by atoms with Crippen molar-refractivity contribution in [3.05, 3.63) is 77.9 Å². The predicted octanol–water partition coefficient (Wildman–Crippen LogP) is 6.23. The highest BCUT2D eigenvalue weighted by molar-refractivity contribution is 5.83. The van der Waals surface area contributed by atoms with Crippen molar-refractivity contribution in [3.63, 3.8) is 0 Å². The van der Waals surface area contributed by atoms with Crippen LogP contribution in [0, 0.1) is 0 Å². The third kappa shape index (κ3) is 4.17. The van der Waals surface area contributed by atoms with Crippen LogP contribution in [0.5, 0.6) is 5.75 Å². The van der Waals surface area contributed by atoms with Gasteiger partial charge in [0.25, 0.3) is 0 Å². The van der Waals surface area contributed by atoms with Gasteiger partial charge in [0, 0.05) is 12.1 Å². The minimum Gasteiger partial charge on any atom is -0.497 e. The first kappa shape index (κ1) is 18.1. The van der Waals surface area contributed by atoms with Gasteiger partial charge in [0.1, 0.15) is 5.75 Å². The van der Waals surface area contributed by atoms with Crippen molar-refractivity contribution in [1.82, 2.24) is 5.32 Å². The minimum atomic E-state index is 0.365. The molecule has 1 aliphatic carbocycles. The van der Waals surface area contributed by atoms with E-state index in [2.05, 4.69) is 72.9 Å². The van der Waals surface area contributed by atoms with E-state index in [1.807, 2.05) is 6.07 Å². The van der Waals surface area contributed by atoms with Crippen LogP contribution in [0.4, 0.5) is 0 Å². The highest BCUT2D eigenvalue weighted by Crippen LogP contribution is 2.35. The van der Waals surface area contributed by atoms with Crippen molar-refractivity contribution in [2.45, 2.75) is 50.6 Å². The number of nitrogens with one attached hydrogen (secondary N) is 1. The van der Waals surface area contributed by atoms with Gasteiger partial charge in [0.2, 0.25) is 0 Å². The largest absolute Gasteiger partial charge is 0.497 e. The van der Waals surface area contributed by atoms with Crippen molar-refractivity contribution >= 4 is 10.8 Å². The quantitative estimate of drug-likeness (QED) is 0.583. The summed E-state index contributed by atoms with van der Waals surface area (Å²) in [6.07, 6.45) is 5.02. The second-order valence-electron chi connectivity index (χ2n) is 7.83. The summed E-state index contributed by atoms with van der Waals surface area (Å²) in [5.74, 6) is 1.59. The van der Waals surface area contributed by atoms with Gasteiger partial charge in [-0.15, -0.1) is 0 Å². The van der Waals surface area contributed by atoms with Crippen LogP contribution in [0.2, 0.25) is 0 Å². The summed E-state index contributed by atoms with van der Waals surface area (Å²) in [4.78, 5) is 0. The summed E-state index contributed by atoms with van der Waals surface area (Å²) in [5, 5.41) is 6.53. The predicted molar refractivity (Wildman–Crippen MR) is 113 cm³/mol. The standard InChI is InChI=1S/C25H29NO/c1-18(20-14-13-19-7-3-4-8-21(19)15-20)26-24-11-5-9-22(16-24)23-10-6-12-25(17-23)27-2/h3-4,6-8,10,12-15,17-18,22,24,26H,5,9,11,16H2,1-2H3. The fourth-order valence-electron chi connectivity index (χ4n) is 4.47. The molecule has 3 unspecified atom stereocenters. The van der Waals surface area contributed by atoms with E-state index in [1.54, 1.807) is 7.11 Å². The van der Waals surface area contributed by atoms with Crippen molar-refractivity contribution in [2.24, 2.45) is 0 Å². The molecule has 3 atom stereocenters. The van der Waals surface area contributed by atoms with Crippen LogP contribution in [0.3, 0.4) is 0 Å². The van der Waals surface area contributed by atoms with Gasteiger partial charge in [0.15, 0.2) is 0 Å². The lowest BCUT2D eigenvalue weighted by atomic mass is 9.81. The first-order chi connectivity index (χ1) is 13.2. The maximum Gasteiger partial charge on any atom is 0.119 e. The first-order valence-corrected chi connectivity index (χ1v) is 10.1. The summed E-state index contributed by atoms with van der Waals surface area (Å²) < 4.78 is 5.41. The second kappa shape index (κ2) is 8.14. The van der Waals surface area contributed by atoms with Gasteiger partial charge in [-0.3, -0.25) is 0 Å². The molecule has 1 fully saturated rings. The van der Waals surface area contributed by atoms with Crippen molar-refractivity contribution in [1.29, 1.82) is 0 Å². The molecule has 1 N–H and O–H groups in total. The maximum absolute atomic E-state index is 5.41. The molecule has 4 rings (SSSR count). The Morgan fingerprint density at radius 2 is 1.78 bits per heavy atom. The lowest BCUT2D eigenvalue weighted by molar-refractivity contribution is 0.317. The van der Waals surface area contributed by atoms with E-state index in [1.165, 1.54) is 47.6 Å². The zero-order valence-corrected chi connectivity index (χ0v) is 16.3. The number of methoxy groups -OCH3 is 1. The molecular weight excluding hydrogens is 330 g/mol. The van der Waals surface area contributed by atoms with Crippen LogP contribution in [0.1, 0.15) is 55.7 Å². The maximum atomic E-state index is 5.41. The monoisotopic (exact) mass is 359 g/mol. The van der Waals surface area contributed by atoms with Crippen LogP contribution < -0.4 is 10.1 Å². The molecule has 0 heterocycles. The fraction of sp³-hybridized carbons (Fsp3) is 0.360. The summed E-state index contributed by atoms with van der Waals surface area (Å²) in [5.41, 5.74) is 2.79. The Kier molecular flexibility index (Phi) is 5.45. The Morgan fingerprint density at radius 1 is 0.926 bits per heavy atom. The van der Waals surface area contributed by atoms with Gasteiger partial charge in [0.05, 0.1) is 7.11 Å². The van der Waals surface area contributed by atoms with Crippen LogP contribution in [0.25, 0.3) is 10.8 Å². The van der Waals surface area contributed by atoms with Gasteiger partial charge >= 0.3 is 0 Å². The summed E-state index contributed by atoms with van der Waals surface area (Å²) in [6, 6.07) is 25.0. The van der Waals surface area contributed by atoms with Crippen LogP contribution in [-0.2, 0) is 0 Å². The first-order valence-electron chi connectivity index (χ1n) is 10.1. The summed E-state index contributed by atoms with van der Waals surface area (Å²) in [6.45, 7) is 2.29. The molecule has 1 aliphatic rings. The van der Waals surface area contributed by atoms with Gasteiger partial charge in [-0.2, -0.15) is 0 Å². The molecular formula is C25H29NO. The number of ether oxygens (including phenoxy) is 1. The molecule has 0 aromatic heterocycles. The second-order valence-corrected chi connectivity index (χ2v) is 7.83. The molecule has 0 radical (unpaired) electrons. The molecule has 2 heteroatoms. The zero-order valence-electron chi connectivity index (χ0n) is 16.3. The van der Waals surface area contributed by atoms with E-state index < -0.39 is 0 Å². The van der Waals surface area contributed by atoms with E-state index in [9.17, 15) is 0 Å². The Balaban J connectivity index is 1.44. The topological polar surface area (TPSA) is 21.3 Å². The Bertz CT molecular complexity index is 903. The van der Waals surface area contributed by atoms with Crippen molar-refractivity contribution < 1.29 is 4.74 Å². The molecule has 3 aromatic carbocycles. The molecule has 140 valence electrons. The number of benzene rings is 3. The van der Waals surface area contributed by atoms with Crippen LogP contribution in [0.15, 0.2) is 66.7 Å². The fourth-order valence-corrected chi connectivity index (χ4v) is 4.47. The van der Waals surface area contributed by atoms with Gasteiger partial charge in [-0.25, -0.2) is 0 Å². The highest BCUT2D eigenvalue weighted by atomic mass is 16.5. The third-order valence-electron chi connectivity index (χ3n) is 6.00. The molecule has 1 saturated carbocycles. The zero-order chi connectivity index (χ0) is 18.6. The van der Waals surface area contributed by atoms with E-state index >= 15 is 0 Å². The number of hydrogen-bond acceptors (Lipinski definition) is 2. The lowest BCUT2D eigenvalue weighted by Gasteiger charge is -2.32. The van der Waals surface area contributed by atoms with E-state index in [-0.39, 0.29) is 0 Å². The molecule has 0 saturated heterocycles. The molecule has 2 nitrogen and oxygen atoms in total. The number of hydrogen-bond donors (Lipinski definition) is 1. The molecule has 0 amide bonds. The molecule has 0 spiro atoms. The number of fused-ring (bicyclic) bond motifs is 1. The van der Waals surface area contributed by atoms with E-state index in [0.29, 0.717) is 18.0 Å². The SMILES string of the molecule is COc1cccc(C2CCCC(NC(C)c3ccc4ccccc4c3)C2)c1. The van der Waals surface area contributed by atoms with E-state index in [0.717, 1.165) is 5.75 Å². The molecule has 0 aliphatic heterocycles. The summed E-state index contributed by atoms with van der Waals surface area (Å²) in [7, 11) is 1.75. The smallest absolute Gasteiger partial charge is 0.119 e. The third-order valence-corrected chi connectivity index (χ3v) is 6.00. The van der Waals surface area contributed by atoms with Gasteiger partial charge in [-0.1, -0.05) is 55.0 Å². The normalized spacial score (nSPS) is 21.1. The van der Waals surface area contributed by atoms with Crippen LogP contribution >= 0.6 is 0 Å². The molecule has 27 heavy (non-hydrogen) atoms. The Labute approximate surface area is 162 Å². The average Bonchev–Trinajstić information content (AvgIpc) is 2.73. The van der Waals surface area contributed by atoms with Crippen molar-refractivity contribution in [3.8, 4) is 5.75 Å². The van der Waals surface area contributed by atoms with E-state index in [4.69, 9.17) is 4.74 Å². The molecule has 3 aromatic rings. The van der Waals surface area contributed by atoms with Gasteiger partial charge < -0.3 is 10.1 Å². The van der Waals surface area contributed by atoms with Gasteiger partial charge in [-0.05, 0) is 72.2 Å². The van der Waals surface area contributed by atoms with Crippen molar-refractivity contribution in [2.75, 3.05) is 7.11 Å². The highest BCUT2D eigenvalue weighted by Gasteiger charge is 2.24. The minimum absolute atomic E-state index is 0.365. The lowest BCUT2D eigenvalue weighted by Crippen LogP contribution is -2.35. The Hall–Kier alpha value is -2.32. The molecule has 0 bridgehead atoms. The average molecular weight is 360 g/mol. The summed E-state index contributed by atoms with van der Waals surface area (Å²) >= 11 is 0. The number of rotatable bonds is 5. The Morgan fingerprint density at radius 3 is 2.63 bits per heavy atom. The van der Waals surface area contributed by atoms with Crippen LogP contribution in [-0.4, -0.2) is 13.2 Å².